The second-order valence-electron chi connectivity index (χ2n) is 5.44. The van der Waals surface area contributed by atoms with Crippen LogP contribution in [-0.4, -0.2) is 27.2 Å². The lowest BCUT2D eigenvalue weighted by Gasteiger charge is -2.31. The Hall–Kier alpha value is -2.78. The summed E-state index contributed by atoms with van der Waals surface area (Å²) in [6, 6.07) is 16.3. The van der Waals surface area contributed by atoms with Crippen molar-refractivity contribution in [2.45, 2.75) is 6.42 Å². The monoisotopic (exact) mass is 333 g/mol. The van der Waals surface area contributed by atoms with Gasteiger partial charge in [-0.2, -0.15) is 5.26 Å². The summed E-state index contributed by atoms with van der Waals surface area (Å²) in [4.78, 5) is 14.2. The molecule has 1 N–H and O–H groups in total. The van der Waals surface area contributed by atoms with Crippen LogP contribution in [0.4, 0.5) is 5.69 Å². The van der Waals surface area contributed by atoms with Crippen molar-refractivity contribution in [3.63, 3.8) is 0 Å². The average molecular weight is 333 g/mol. The molecule has 0 aliphatic carbocycles. The number of H-pyrrole nitrogens is 1. The van der Waals surface area contributed by atoms with Crippen molar-refractivity contribution in [3.8, 4) is 6.07 Å². The molecule has 2 aromatic heterocycles. The first-order valence-electron chi connectivity index (χ1n) is 7.77. The van der Waals surface area contributed by atoms with Crippen LogP contribution in [0.3, 0.4) is 0 Å². The number of rotatable bonds is 2. The zero-order valence-electron chi connectivity index (χ0n) is 12.9. The molecule has 0 spiro atoms. The highest BCUT2D eigenvalue weighted by Crippen LogP contribution is 2.36. The molecule has 3 aromatic rings. The first kappa shape index (κ1) is 14.8. The number of aromatic amines is 1. The third-order valence-electron chi connectivity index (χ3n) is 3.90. The zero-order valence-corrected chi connectivity index (χ0v) is 13.8. The van der Waals surface area contributed by atoms with Crippen molar-refractivity contribution in [1.29, 1.82) is 5.26 Å². The van der Waals surface area contributed by atoms with E-state index in [1.165, 1.54) is 0 Å². The first-order valence-corrected chi connectivity index (χ1v) is 8.76. The molecule has 1 aromatic carbocycles. The molecule has 24 heavy (non-hydrogen) atoms. The number of thioether (sulfide) groups is 1. The van der Waals surface area contributed by atoms with Crippen molar-refractivity contribution in [2.24, 2.45) is 0 Å². The number of para-hydroxylation sites is 1. The number of allylic oxidation sites excluding steroid dienone is 1. The fourth-order valence-electron chi connectivity index (χ4n) is 2.80. The molecule has 1 fully saturated rings. The highest BCUT2D eigenvalue weighted by Gasteiger charge is 2.23. The van der Waals surface area contributed by atoms with Gasteiger partial charge in [-0.3, -0.25) is 0 Å². The molecule has 0 amide bonds. The number of hydrogen-bond acceptors (Lipinski definition) is 5. The van der Waals surface area contributed by atoms with Gasteiger partial charge in [0, 0.05) is 24.2 Å². The maximum atomic E-state index is 9.79. The molecule has 5 nitrogen and oxygen atoms in total. The van der Waals surface area contributed by atoms with Gasteiger partial charge in [-0.25, -0.2) is 9.97 Å². The van der Waals surface area contributed by atoms with Gasteiger partial charge in [-0.05, 0) is 30.7 Å². The molecular weight excluding hydrogens is 318 g/mol. The minimum Gasteiger partial charge on any atom is -0.336 e. The largest absolute Gasteiger partial charge is 0.336 e. The molecule has 0 atom stereocenters. The van der Waals surface area contributed by atoms with Crippen LogP contribution in [0.25, 0.3) is 16.7 Å². The summed E-state index contributed by atoms with van der Waals surface area (Å²) in [6.07, 6.45) is 2.79. The molecule has 3 heterocycles. The predicted octanol–water partition coefficient (Wildman–Crippen LogP) is 3.79. The number of nitriles is 1. The van der Waals surface area contributed by atoms with Crippen LogP contribution in [-0.2, 0) is 0 Å². The number of hydrogen-bond donors (Lipinski definition) is 1. The van der Waals surface area contributed by atoms with Crippen LogP contribution >= 0.6 is 11.8 Å². The predicted molar refractivity (Wildman–Crippen MR) is 97.3 cm³/mol. The van der Waals surface area contributed by atoms with E-state index < -0.39 is 0 Å². The lowest BCUT2D eigenvalue weighted by atomic mass is 10.2. The molecule has 1 aliphatic heterocycles. The second kappa shape index (κ2) is 6.38. The summed E-state index contributed by atoms with van der Waals surface area (Å²) in [7, 11) is 0. The molecule has 0 saturated carbocycles. The third kappa shape index (κ3) is 2.63. The van der Waals surface area contributed by atoms with Crippen molar-refractivity contribution in [2.75, 3.05) is 17.2 Å². The molecular formula is C18H15N5S. The van der Waals surface area contributed by atoms with Crippen LogP contribution in [0, 0.1) is 11.3 Å². The summed E-state index contributed by atoms with van der Waals surface area (Å²) >= 11 is 1.71. The molecule has 1 aliphatic rings. The normalized spacial score (nSPS) is 16.9. The fraction of sp³-hybridized carbons (Fsp3) is 0.167. The molecule has 0 unspecified atom stereocenters. The Labute approximate surface area is 144 Å². The van der Waals surface area contributed by atoms with Crippen LogP contribution in [0.15, 0.2) is 53.7 Å². The van der Waals surface area contributed by atoms with Crippen LogP contribution in [0.2, 0.25) is 0 Å². The summed E-state index contributed by atoms with van der Waals surface area (Å²) in [5.74, 6) is 1.58. The molecule has 118 valence electrons. The smallest absolute Gasteiger partial charge is 0.178 e. The van der Waals surface area contributed by atoms with Crippen molar-refractivity contribution < 1.29 is 0 Å². The maximum absolute atomic E-state index is 9.79. The number of nitrogens with one attached hydrogen (secondary N) is 1. The maximum Gasteiger partial charge on any atom is 0.178 e. The van der Waals surface area contributed by atoms with Gasteiger partial charge in [-0.1, -0.05) is 18.2 Å². The minimum atomic E-state index is 0.571. The molecule has 1 saturated heterocycles. The molecule has 0 radical (unpaired) electrons. The SMILES string of the molecule is N#C/C(=C1\SCCCN1c1ccccc1)c1nc2ncccc2[nH]1. The quantitative estimate of drug-likeness (QED) is 0.723. The van der Waals surface area contributed by atoms with Gasteiger partial charge in [0.2, 0.25) is 0 Å². The fourth-order valence-corrected chi connectivity index (χ4v) is 3.90. The summed E-state index contributed by atoms with van der Waals surface area (Å²) in [6.45, 7) is 0.899. The first-order chi connectivity index (χ1) is 11.9. The van der Waals surface area contributed by atoms with Crippen LogP contribution in [0.1, 0.15) is 12.2 Å². The van der Waals surface area contributed by atoms with Crippen molar-refractivity contribution in [1.82, 2.24) is 15.0 Å². The molecule has 4 rings (SSSR count). The summed E-state index contributed by atoms with van der Waals surface area (Å²) < 4.78 is 0. The second-order valence-corrected chi connectivity index (χ2v) is 6.52. The highest BCUT2D eigenvalue weighted by molar-refractivity contribution is 8.03. The lowest BCUT2D eigenvalue weighted by Crippen LogP contribution is -2.27. The summed E-state index contributed by atoms with van der Waals surface area (Å²) in [5.41, 5.74) is 3.14. The molecule has 0 bridgehead atoms. The Bertz CT molecular complexity index is 906. The van der Waals surface area contributed by atoms with Crippen LogP contribution in [0.5, 0.6) is 0 Å². The number of anilines is 1. The van der Waals surface area contributed by atoms with E-state index in [1.54, 1.807) is 18.0 Å². The van der Waals surface area contributed by atoms with Gasteiger partial charge in [0.15, 0.2) is 11.5 Å². The van der Waals surface area contributed by atoms with E-state index in [2.05, 4.69) is 38.1 Å². The molecule has 6 heteroatoms. The Morgan fingerprint density at radius 3 is 2.88 bits per heavy atom. The number of imidazole rings is 1. The topological polar surface area (TPSA) is 68.6 Å². The van der Waals surface area contributed by atoms with E-state index in [0.717, 1.165) is 35.0 Å². The number of aromatic nitrogens is 3. The Kier molecular flexibility index (Phi) is 3.93. The highest BCUT2D eigenvalue weighted by atomic mass is 32.2. The summed E-state index contributed by atoms with van der Waals surface area (Å²) in [5, 5.41) is 10.7. The van der Waals surface area contributed by atoms with Gasteiger partial charge in [0.25, 0.3) is 0 Å². The Morgan fingerprint density at radius 2 is 2.08 bits per heavy atom. The number of nitrogens with zero attached hydrogens (tertiary/aromatic N) is 4. The van der Waals surface area contributed by atoms with Crippen LogP contribution < -0.4 is 4.90 Å². The van der Waals surface area contributed by atoms with Gasteiger partial charge >= 0.3 is 0 Å². The van der Waals surface area contributed by atoms with E-state index in [1.807, 2.05) is 30.3 Å². The average Bonchev–Trinajstić information content (AvgIpc) is 3.07. The third-order valence-corrected chi connectivity index (χ3v) is 5.09. The van der Waals surface area contributed by atoms with Gasteiger partial charge in [0.1, 0.15) is 11.6 Å². The number of benzene rings is 1. The van der Waals surface area contributed by atoms with Crippen molar-refractivity contribution in [3.05, 3.63) is 59.5 Å². The Balaban J connectivity index is 1.84. The lowest BCUT2D eigenvalue weighted by molar-refractivity contribution is 0.864. The Morgan fingerprint density at radius 1 is 1.21 bits per heavy atom. The van der Waals surface area contributed by atoms with E-state index in [-0.39, 0.29) is 0 Å². The number of pyridine rings is 1. The van der Waals surface area contributed by atoms with E-state index in [9.17, 15) is 5.26 Å². The van der Waals surface area contributed by atoms with E-state index >= 15 is 0 Å². The zero-order chi connectivity index (χ0) is 16.4. The van der Waals surface area contributed by atoms with Gasteiger partial charge in [0.05, 0.1) is 10.5 Å². The van der Waals surface area contributed by atoms with Gasteiger partial charge < -0.3 is 9.88 Å². The van der Waals surface area contributed by atoms with E-state index in [0.29, 0.717) is 17.0 Å². The van der Waals surface area contributed by atoms with E-state index in [4.69, 9.17) is 0 Å². The number of fused-ring (bicyclic) bond motifs is 1. The van der Waals surface area contributed by atoms with Gasteiger partial charge in [-0.15, -0.1) is 11.8 Å². The standard InChI is InChI=1S/C18H15N5S/c19-12-14(16-21-15-8-4-9-20-17(15)22-16)18-23(10-5-11-24-18)13-6-2-1-3-7-13/h1-4,6-9H,5,10-11H2,(H,20,21,22)/b18-14+. The minimum absolute atomic E-state index is 0.571. The van der Waals surface area contributed by atoms with Crippen molar-refractivity contribution >= 4 is 34.2 Å².